The van der Waals surface area contributed by atoms with Crippen LogP contribution in [0, 0.1) is 17.8 Å². The molecule has 2 saturated heterocycles. The number of oxime groups is 1. The van der Waals surface area contributed by atoms with Crippen LogP contribution in [-0.2, 0) is 14.4 Å². The van der Waals surface area contributed by atoms with Crippen molar-refractivity contribution in [3.05, 3.63) is 42.0 Å². The molecule has 2 atom stereocenters. The minimum absolute atomic E-state index is 0.327. The molecule has 0 saturated carbocycles. The van der Waals surface area contributed by atoms with Gasteiger partial charge in [0, 0.05) is 36.7 Å². The molecule has 2 aliphatic rings. The fourth-order valence-corrected chi connectivity index (χ4v) is 2.84. The Morgan fingerprint density at radius 1 is 1.32 bits per heavy atom. The number of methoxy groups -OCH3 is 1. The summed E-state index contributed by atoms with van der Waals surface area (Å²) in [5.74, 6) is 4.93. The summed E-state index contributed by atoms with van der Waals surface area (Å²) in [5.41, 5.74) is 2.10. The van der Waals surface area contributed by atoms with Crippen LogP contribution in [0.25, 0.3) is 0 Å². The van der Waals surface area contributed by atoms with Crippen molar-refractivity contribution in [1.82, 2.24) is 4.90 Å². The number of benzene rings is 1. The lowest BCUT2D eigenvalue weighted by molar-refractivity contribution is -0.134. The molecule has 8 heteroatoms. The molecule has 2 heterocycles. The number of nitrogens with zero attached hydrogens (tertiary/aromatic N) is 2. The number of carboxylic acids is 2. The van der Waals surface area contributed by atoms with Crippen molar-refractivity contribution in [3.8, 4) is 17.6 Å². The van der Waals surface area contributed by atoms with Gasteiger partial charge < -0.3 is 19.8 Å². The van der Waals surface area contributed by atoms with Gasteiger partial charge in [0.15, 0.2) is 6.61 Å². The van der Waals surface area contributed by atoms with E-state index in [1.165, 1.54) is 18.7 Å². The predicted octanol–water partition coefficient (Wildman–Crippen LogP) is 1.47. The molecule has 8 nitrogen and oxygen atoms in total. The van der Waals surface area contributed by atoms with Gasteiger partial charge in [0.25, 0.3) is 0 Å². The fourth-order valence-electron chi connectivity index (χ4n) is 2.84. The Balaban J connectivity index is 0.000000300. The Kier molecular flexibility index (Phi) is 8.06. The van der Waals surface area contributed by atoms with Crippen LogP contribution in [0.3, 0.4) is 0 Å². The fraction of sp³-hybridized carbons (Fsp3) is 0.350. The lowest BCUT2D eigenvalue weighted by Gasteiger charge is -2.12. The van der Waals surface area contributed by atoms with E-state index in [4.69, 9.17) is 19.8 Å². The Bertz CT molecular complexity index is 805. The van der Waals surface area contributed by atoms with E-state index < -0.39 is 11.9 Å². The van der Waals surface area contributed by atoms with Gasteiger partial charge in [-0.25, -0.2) is 9.59 Å². The molecule has 2 N–H and O–H groups in total. The molecule has 0 amide bonds. The first-order valence-corrected chi connectivity index (χ1v) is 8.66. The first-order valence-electron chi connectivity index (χ1n) is 8.66. The molecule has 0 aromatic heterocycles. The third-order valence-corrected chi connectivity index (χ3v) is 4.12. The van der Waals surface area contributed by atoms with Gasteiger partial charge in [0.2, 0.25) is 0 Å². The third-order valence-electron chi connectivity index (χ3n) is 4.12. The Labute approximate surface area is 163 Å². The minimum Gasteiger partial charge on any atom is -0.497 e. The maximum atomic E-state index is 9.55. The number of hydrogen-bond acceptors (Lipinski definition) is 6. The summed E-state index contributed by atoms with van der Waals surface area (Å²) in [6.07, 6.45) is 2.34. The quantitative estimate of drug-likeness (QED) is 0.341. The second kappa shape index (κ2) is 10.7. The Morgan fingerprint density at radius 3 is 2.64 bits per heavy atom. The monoisotopic (exact) mass is 386 g/mol. The molecule has 1 aromatic carbocycles. The number of ether oxygens (including phenoxy) is 1. The second-order valence-corrected chi connectivity index (χ2v) is 6.12. The zero-order valence-electron chi connectivity index (χ0n) is 15.5. The van der Waals surface area contributed by atoms with Crippen molar-refractivity contribution in [2.75, 3.05) is 33.4 Å². The molecule has 28 heavy (non-hydrogen) atoms. The van der Waals surface area contributed by atoms with Gasteiger partial charge in [-0.05, 0) is 31.2 Å². The van der Waals surface area contributed by atoms with Crippen LogP contribution >= 0.6 is 0 Å². The van der Waals surface area contributed by atoms with Gasteiger partial charge in [-0.3, -0.25) is 4.90 Å². The highest BCUT2D eigenvalue weighted by atomic mass is 16.6. The number of fused-ring (bicyclic) bond motifs is 2. The Hall–Kier alpha value is -3.31. The number of aliphatic carboxylic acids is 2. The largest absolute Gasteiger partial charge is 0.497 e. The summed E-state index contributed by atoms with van der Waals surface area (Å²) in [5, 5.41) is 19.8. The van der Waals surface area contributed by atoms with Crippen molar-refractivity contribution in [2.45, 2.75) is 6.42 Å². The smallest absolute Gasteiger partial charge is 0.328 e. The second-order valence-electron chi connectivity index (χ2n) is 6.12. The molecular formula is C20H22N2O6. The van der Waals surface area contributed by atoms with E-state index in [1.807, 2.05) is 24.3 Å². The summed E-state index contributed by atoms with van der Waals surface area (Å²) in [4.78, 5) is 26.8. The highest BCUT2D eigenvalue weighted by Gasteiger charge is 2.35. The molecule has 148 valence electrons. The summed E-state index contributed by atoms with van der Waals surface area (Å²) in [6, 6.07) is 7.68. The van der Waals surface area contributed by atoms with Gasteiger partial charge >= 0.3 is 11.9 Å². The standard InChI is InChI=1S/C16H18N2O2.C4H4O4/c1-19-15-6-2-4-13(10-15)5-3-9-20-17-16-12-18-8-7-14(16)11-18;5-3(6)1-2-4(7)8/h2,4,6,10,14H,7-9,11-12H2,1H3;1-2H,(H,5,6)(H,7,8)/b17-16+;2-1-/t14-;/m1./s1. The topological polar surface area (TPSA) is 109 Å². The molecule has 0 aliphatic carbocycles. The molecule has 2 bridgehead atoms. The van der Waals surface area contributed by atoms with Gasteiger partial charge in [0.1, 0.15) is 5.75 Å². The first kappa shape index (κ1) is 21.0. The average Bonchev–Trinajstić information content (AvgIpc) is 3.30. The van der Waals surface area contributed by atoms with Crippen molar-refractivity contribution < 1.29 is 29.4 Å². The lowest BCUT2D eigenvalue weighted by atomic mass is 10.0. The normalized spacial score (nSPS) is 20.8. The molecule has 0 radical (unpaired) electrons. The Morgan fingerprint density at radius 2 is 2.07 bits per heavy atom. The average molecular weight is 386 g/mol. The molecule has 0 spiro atoms. The van der Waals surface area contributed by atoms with Crippen LogP contribution in [0.2, 0.25) is 0 Å². The third kappa shape index (κ3) is 7.13. The van der Waals surface area contributed by atoms with Crippen molar-refractivity contribution >= 4 is 17.7 Å². The molecule has 3 rings (SSSR count). The van der Waals surface area contributed by atoms with Crippen LogP contribution in [0.5, 0.6) is 5.75 Å². The van der Waals surface area contributed by atoms with Gasteiger partial charge in [-0.15, -0.1) is 0 Å². The molecule has 2 fully saturated rings. The van der Waals surface area contributed by atoms with Crippen LogP contribution in [-0.4, -0.2) is 66.1 Å². The van der Waals surface area contributed by atoms with Gasteiger partial charge in [0.05, 0.1) is 12.8 Å². The van der Waals surface area contributed by atoms with E-state index in [-0.39, 0.29) is 0 Å². The van der Waals surface area contributed by atoms with E-state index in [1.54, 1.807) is 7.11 Å². The summed E-state index contributed by atoms with van der Waals surface area (Å²) < 4.78 is 5.15. The van der Waals surface area contributed by atoms with Crippen LogP contribution < -0.4 is 4.74 Å². The number of rotatable bonds is 5. The van der Waals surface area contributed by atoms with E-state index in [2.05, 4.69) is 21.9 Å². The molecule has 1 aromatic rings. The zero-order valence-corrected chi connectivity index (χ0v) is 15.5. The number of hydrogen-bond donors (Lipinski definition) is 2. The molecule has 1 unspecified atom stereocenters. The summed E-state index contributed by atoms with van der Waals surface area (Å²) in [7, 11) is 1.65. The maximum absolute atomic E-state index is 9.55. The zero-order chi connectivity index (χ0) is 20.4. The number of carboxylic acid groups (broad SMARTS) is 2. The van der Waals surface area contributed by atoms with Gasteiger partial charge in [-0.1, -0.05) is 23.1 Å². The predicted molar refractivity (Wildman–Crippen MR) is 102 cm³/mol. The lowest BCUT2D eigenvalue weighted by Crippen LogP contribution is -2.23. The first-order chi connectivity index (χ1) is 13.5. The van der Waals surface area contributed by atoms with Crippen molar-refractivity contribution in [2.24, 2.45) is 11.1 Å². The van der Waals surface area contributed by atoms with Gasteiger partial charge in [-0.2, -0.15) is 0 Å². The number of piperidine rings is 1. The number of carbonyl (C=O) groups is 2. The summed E-state index contributed by atoms with van der Waals surface area (Å²) in [6.45, 7) is 3.65. The van der Waals surface area contributed by atoms with E-state index in [0.29, 0.717) is 24.7 Å². The van der Waals surface area contributed by atoms with Crippen molar-refractivity contribution in [3.63, 3.8) is 0 Å². The van der Waals surface area contributed by atoms with E-state index >= 15 is 0 Å². The van der Waals surface area contributed by atoms with E-state index in [9.17, 15) is 9.59 Å². The van der Waals surface area contributed by atoms with Crippen LogP contribution in [0.15, 0.2) is 41.6 Å². The molecule has 2 aliphatic heterocycles. The molecular weight excluding hydrogens is 364 g/mol. The highest BCUT2D eigenvalue weighted by molar-refractivity contribution is 5.91. The van der Waals surface area contributed by atoms with Crippen LogP contribution in [0.4, 0.5) is 0 Å². The maximum Gasteiger partial charge on any atom is 0.328 e. The van der Waals surface area contributed by atoms with Crippen LogP contribution in [0.1, 0.15) is 12.0 Å². The highest BCUT2D eigenvalue weighted by Crippen LogP contribution is 2.25. The minimum atomic E-state index is -1.26. The van der Waals surface area contributed by atoms with E-state index in [0.717, 1.165) is 24.4 Å². The van der Waals surface area contributed by atoms with Crippen molar-refractivity contribution in [1.29, 1.82) is 0 Å². The SMILES string of the molecule is COc1cccc(C#CCO/N=C2\CN3CC[C@@H]2C3)c1.O=C(O)/C=C\C(=O)O. The summed E-state index contributed by atoms with van der Waals surface area (Å²) >= 11 is 0.